The third kappa shape index (κ3) is 6.39. The average molecular weight is 581 g/mol. The van der Waals surface area contributed by atoms with Gasteiger partial charge in [0.25, 0.3) is 0 Å². The molecule has 0 radical (unpaired) electrons. The summed E-state index contributed by atoms with van der Waals surface area (Å²) in [4.78, 5) is 4.12. The van der Waals surface area contributed by atoms with Crippen molar-refractivity contribution in [2.45, 2.75) is 33.2 Å². The molecule has 0 aliphatic carbocycles. The van der Waals surface area contributed by atoms with Gasteiger partial charge < -0.3 is 21.6 Å². The van der Waals surface area contributed by atoms with E-state index in [1.54, 1.807) is 12.4 Å². The molecule has 1 heterocycles. The van der Waals surface area contributed by atoms with Crippen LogP contribution in [0.5, 0.6) is 0 Å². The zero-order chi connectivity index (χ0) is 30.3. The van der Waals surface area contributed by atoms with E-state index in [2.05, 4.69) is 105 Å². The quantitative estimate of drug-likeness (QED) is 0.0773. The fraction of sp³-hybridized carbons (Fsp3) is 0.139. The molecular weight excluding hydrogens is 544 g/mol. The second-order valence-corrected chi connectivity index (χ2v) is 10.8. The van der Waals surface area contributed by atoms with Crippen LogP contribution < -0.4 is 27.0 Å². The molecule has 0 aliphatic heterocycles. The summed E-state index contributed by atoms with van der Waals surface area (Å²) in [5, 5.41) is 17.2. The number of aromatic nitrogens is 1. The van der Waals surface area contributed by atoms with Crippen LogP contribution in [-0.4, -0.2) is 11.0 Å². The summed E-state index contributed by atoms with van der Waals surface area (Å²) in [6.45, 7) is 6.43. The smallest absolute Gasteiger partial charge is 0.0936 e. The Bertz CT molecular complexity index is 1920. The van der Waals surface area contributed by atoms with Crippen LogP contribution in [-0.2, 0) is 0 Å². The van der Waals surface area contributed by atoms with Gasteiger partial charge >= 0.3 is 0 Å². The molecule has 6 rings (SSSR count). The van der Waals surface area contributed by atoms with E-state index in [0.29, 0.717) is 6.04 Å². The summed E-state index contributed by atoms with van der Waals surface area (Å²) in [5.41, 5.74) is 20.9. The van der Waals surface area contributed by atoms with Crippen molar-refractivity contribution in [2.75, 3.05) is 27.0 Å². The zero-order valence-electron chi connectivity index (χ0n) is 25.1. The average Bonchev–Trinajstić information content (AvgIpc) is 3.07. The molecule has 5 aromatic carbocycles. The Morgan fingerprint density at radius 2 is 1.25 bits per heavy atom. The number of hydrogen-bond acceptors (Lipinski definition) is 8. The van der Waals surface area contributed by atoms with E-state index in [1.807, 2.05) is 61.5 Å². The van der Waals surface area contributed by atoms with Crippen molar-refractivity contribution < 1.29 is 0 Å². The molecule has 1 aromatic heterocycles. The van der Waals surface area contributed by atoms with Gasteiger partial charge in [0.2, 0.25) is 0 Å². The van der Waals surface area contributed by atoms with Crippen molar-refractivity contribution in [1.29, 1.82) is 0 Å². The maximum absolute atomic E-state index is 4.64. The van der Waals surface area contributed by atoms with Gasteiger partial charge in [-0.1, -0.05) is 55.5 Å². The fourth-order valence-electron chi connectivity index (χ4n) is 5.05. The van der Waals surface area contributed by atoms with Crippen LogP contribution in [0.4, 0.5) is 39.8 Å². The molecule has 0 spiro atoms. The van der Waals surface area contributed by atoms with Crippen molar-refractivity contribution in [3.05, 3.63) is 121 Å². The van der Waals surface area contributed by atoms with E-state index in [9.17, 15) is 0 Å². The maximum Gasteiger partial charge on any atom is 0.0936 e. The lowest BCUT2D eigenvalue weighted by Gasteiger charge is -2.19. The van der Waals surface area contributed by atoms with Gasteiger partial charge in [-0.05, 0) is 80.4 Å². The third-order valence-corrected chi connectivity index (χ3v) is 7.66. The topological polar surface area (TPSA) is 97.8 Å². The Morgan fingerprint density at radius 3 is 1.93 bits per heavy atom. The van der Waals surface area contributed by atoms with E-state index in [1.165, 1.54) is 5.39 Å². The van der Waals surface area contributed by atoms with E-state index in [-0.39, 0.29) is 0 Å². The lowest BCUT2D eigenvalue weighted by atomic mass is 10.1. The molecule has 5 N–H and O–H groups in total. The summed E-state index contributed by atoms with van der Waals surface area (Å²) in [7, 11) is 0. The lowest BCUT2D eigenvalue weighted by Crippen LogP contribution is -2.14. The largest absolute Gasteiger partial charge is 0.382 e. The number of aryl methyl sites for hydroxylation is 1. The van der Waals surface area contributed by atoms with Crippen LogP contribution in [0.25, 0.3) is 21.5 Å². The number of benzene rings is 5. The molecule has 8 nitrogen and oxygen atoms in total. The van der Waals surface area contributed by atoms with Crippen LogP contribution in [0.15, 0.2) is 126 Å². The summed E-state index contributed by atoms with van der Waals surface area (Å²) in [6, 6.07) is 35.1. The first-order chi connectivity index (χ1) is 21.6. The second-order valence-electron chi connectivity index (χ2n) is 10.8. The number of pyridine rings is 1. The Balaban J connectivity index is 1.19. The monoisotopic (exact) mass is 580 g/mol. The van der Waals surface area contributed by atoms with Gasteiger partial charge in [0.1, 0.15) is 0 Å². The first-order valence-electron chi connectivity index (χ1n) is 14.9. The highest BCUT2D eigenvalue weighted by molar-refractivity contribution is 6.04. The lowest BCUT2D eigenvalue weighted by molar-refractivity contribution is 0.765. The van der Waals surface area contributed by atoms with Crippen molar-refractivity contribution in [3.8, 4) is 0 Å². The number of fused-ring (bicyclic) bond motifs is 2. The SMILES string of the molecule is CCC(C)Nc1ccc(NNc2ccc(N=Nc3ccc(NNc4cccnc4)c(C)c3)c3ccccc23)c2ccccc12. The highest BCUT2D eigenvalue weighted by Gasteiger charge is 2.10. The number of rotatable bonds is 11. The molecule has 1 unspecified atom stereocenters. The van der Waals surface area contributed by atoms with Gasteiger partial charge in [0, 0.05) is 39.5 Å². The molecule has 0 fully saturated rings. The number of hydrazine groups is 2. The summed E-state index contributed by atoms with van der Waals surface area (Å²) in [6.07, 6.45) is 4.57. The number of anilines is 5. The van der Waals surface area contributed by atoms with Crippen LogP contribution in [0.2, 0.25) is 0 Å². The number of nitrogens with one attached hydrogen (secondary N) is 5. The molecular formula is C36H36N8. The van der Waals surface area contributed by atoms with Crippen molar-refractivity contribution in [2.24, 2.45) is 10.2 Å². The highest BCUT2D eigenvalue weighted by Crippen LogP contribution is 2.35. The predicted octanol–water partition coefficient (Wildman–Crippen LogP) is 10.2. The first-order valence-corrected chi connectivity index (χ1v) is 14.9. The Labute approximate surface area is 257 Å². The minimum absolute atomic E-state index is 0.401. The van der Waals surface area contributed by atoms with Gasteiger partial charge in [-0.3, -0.25) is 10.4 Å². The number of hydrogen-bond donors (Lipinski definition) is 5. The maximum atomic E-state index is 4.64. The van der Waals surface area contributed by atoms with E-state index in [4.69, 9.17) is 0 Å². The molecule has 0 amide bonds. The van der Waals surface area contributed by atoms with Crippen LogP contribution in [0.1, 0.15) is 25.8 Å². The van der Waals surface area contributed by atoms with E-state index in [0.717, 1.165) is 68.0 Å². The molecule has 0 saturated heterocycles. The Kier molecular flexibility index (Phi) is 8.50. The van der Waals surface area contributed by atoms with Gasteiger partial charge in [-0.25, -0.2) is 0 Å². The molecule has 220 valence electrons. The van der Waals surface area contributed by atoms with Crippen LogP contribution >= 0.6 is 0 Å². The predicted molar refractivity (Wildman–Crippen MR) is 185 cm³/mol. The normalized spacial score (nSPS) is 11.9. The second kappa shape index (κ2) is 13.1. The van der Waals surface area contributed by atoms with Gasteiger partial charge in [-0.15, -0.1) is 5.11 Å². The van der Waals surface area contributed by atoms with Crippen molar-refractivity contribution in [3.63, 3.8) is 0 Å². The Hall–Kier alpha value is -5.63. The standard InChI is InChI=1S/C36H36N8/c1-4-25(3)38-33-17-18-35(29-12-6-5-11-28(29)33)43-44-36-20-19-34(30-13-7-8-14-31(30)36)42-39-26-15-16-32(24(2)22-26)41-40-27-10-9-21-37-23-27/h5-23,25,38,40-41,43-44H,4H2,1-3H3. The zero-order valence-corrected chi connectivity index (χ0v) is 25.1. The molecule has 0 saturated carbocycles. The molecule has 44 heavy (non-hydrogen) atoms. The molecule has 0 bridgehead atoms. The minimum Gasteiger partial charge on any atom is -0.382 e. The fourth-order valence-corrected chi connectivity index (χ4v) is 5.05. The van der Waals surface area contributed by atoms with Gasteiger partial charge in [0.05, 0.1) is 40.3 Å². The van der Waals surface area contributed by atoms with Crippen molar-refractivity contribution >= 4 is 61.4 Å². The molecule has 1 atom stereocenters. The third-order valence-electron chi connectivity index (χ3n) is 7.66. The molecule has 8 heteroatoms. The summed E-state index contributed by atoms with van der Waals surface area (Å²) in [5.74, 6) is 0. The van der Waals surface area contributed by atoms with Crippen LogP contribution in [0.3, 0.4) is 0 Å². The van der Waals surface area contributed by atoms with Crippen LogP contribution in [0, 0.1) is 6.92 Å². The van der Waals surface area contributed by atoms with Gasteiger partial charge in [0.15, 0.2) is 0 Å². The minimum atomic E-state index is 0.401. The molecule has 0 aliphatic rings. The van der Waals surface area contributed by atoms with E-state index < -0.39 is 0 Å². The highest BCUT2D eigenvalue weighted by atomic mass is 15.4. The molecule has 6 aromatic rings. The van der Waals surface area contributed by atoms with Crippen molar-refractivity contribution in [1.82, 2.24) is 4.98 Å². The number of azo groups is 1. The van der Waals surface area contributed by atoms with Gasteiger partial charge in [-0.2, -0.15) is 5.11 Å². The summed E-state index contributed by atoms with van der Waals surface area (Å²) >= 11 is 0. The first kappa shape index (κ1) is 28.5. The Morgan fingerprint density at radius 1 is 0.636 bits per heavy atom. The van der Waals surface area contributed by atoms with E-state index >= 15 is 0 Å². The summed E-state index contributed by atoms with van der Waals surface area (Å²) < 4.78 is 0. The number of nitrogens with zero attached hydrogens (tertiary/aromatic N) is 3.